The molecule has 38 heavy (non-hydrogen) atoms. The van der Waals surface area contributed by atoms with E-state index < -0.39 is 0 Å². The molecule has 0 aliphatic rings. The first kappa shape index (κ1) is 25.2. The second-order valence-electron chi connectivity index (χ2n) is 8.89. The minimum Gasteiger partial charge on any atom is -0.493 e. The zero-order chi connectivity index (χ0) is 26.6. The molecule has 0 aliphatic heterocycles. The second kappa shape index (κ2) is 10.9. The summed E-state index contributed by atoms with van der Waals surface area (Å²) in [6.45, 7) is 3.67. The third-order valence-corrected chi connectivity index (χ3v) is 6.25. The summed E-state index contributed by atoms with van der Waals surface area (Å²) < 4.78 is 13.0. The Morgan fingerprint density at radius 2 is 1.95 bits per heavy atom. The van der Waals surface area contributed by atoms with Gasteiger partial charge in [-0.1, -0.05) is 17.7 Å². The molecule has 5 rings (SSSR count). The topological polar surface area (TPSA) is 120 Å². The maximum Gasteiger partial charge on any atom is 0.258 e. The molecule has 2 aromatic carbocycles. The molecule has 194 valence electrons. The van der Waals surface area contributed by atoms with Crippen LogP contribution in [-0.4, -0.2) is 55.6 Å². The van der Waals surface area contributed by atoms with Crippen LogP contribution in [0.3, 0.4) is 0 Å². The number of methoxy groups -OCH3 is 1. The van der Waals surface area contributed by atoms with Gasteiger partial charge in [0.25, 0.3) is 5.91 Å². The summed E-state index contributed by atoms with van der Waals surface area (Å²) in [5, 5.41) is 16.1. The Morgan fingerprint density at radius 3 is 2.71 bits per heavy atom. The quantitative estimate of drug-likeness (QED) is 0.290. The highest BCUT2D eigenvalue weighted by Gasteiger charge is 2.18. The Hall–Kier alpha value is -4.44. The van der Waals surface area contributed by atoms with E-state index >= 15 is 0 Å². The van der Waals surface area contributed by atoms with Gasteiger partial charge in [-0.15, -0.1) is 5.10 Å². The van der Waals surface area contributed by atoms with E-state index in [9.17, 15) is 4.79 Å². The van der Waals surface area contributed by atoms with Gasteiger partial charge in [0.2, 0.25) is 0 Å². The molecule has 10 nitrogen and oxygen atoms in total. The number of amides is 1. The molecule has 0 unspecified atom stereocenters. The first-order chi connectivity index (χ1) is 18.4. The fraction of sp³-hybridized carbons (Fsp3) is 0.222. The van der Waals surface area contributed by atoms with E-state index in [4.69, 9.17) is 31.2 Å². The van der Waals surface area contributed by atoms with E-state index in [1.165, 1.54) is 0 Å². The van der Waals surface area contributed by atoms with Crippen LogP contribution in [0.2, 0.25) is 5.02 Å². The van der Waals surface area contributed by atoms with Crippen LogP contribution in [-0.2, 0) is 11.2 Å². The van der Waals surface area contributed by atoms with E-state index in [0.717, 1.165) is 27.7 Å². The Labute approximate surface area is 224 Å². The number of carbonyl (C=O) groups excluding carboxylic acids is 1. The van der Waals surface area contributed by atoms with Gasteiger partial charge in [-0.2, -0.15) is 5.10 Å². The molecule has 5 aromatic rings. The third-order valence-electron chi connectivity index (χ3n) is 5.80. The number of aromatic nitrogens is 6. The number of hydrogen-bond donors (Lipinski definition) is 2. The molecule has 0 saturated carbocycles. The van der Waals surface area contributed by atoms with Gasteiger partial charge in [0.1, 0.15) is 5.82 Å². The number of nitrogens with one attached hydrogen (secondary N) is 2. The maximum atomic E-state index is 12.0. The number of halogens is 1. The van der Waals surface area contributed by atoms with Crippen LogP contribution in [0.5, 0.6) is 11.5 Å². The summed E-state index contributed by atoms with van der Waals surface area (Å²) in [6.07, 6.45) is 5.56. The SMILES string of the molecule is COc1cc(-c2nc(Cc3ccc4[nH]ncc4c3Cl)n(-c3ccncc3)n2)ccc1OCC(=O)NC(C)C. The van der Waals surface area contributed by atoms with E-state index in [1.807, 2.05) is 44.2 Å². The van der Waals surface area contributed by atoms with Crippen molar-refractivity contribution in [1.29, 1.82) is 0 Å². The van der Waals surface area contributed by atoms with Gasteiger partial charge in [-0.05, 0) is 55.8 Å². The average molecular weight is 532 g/mol. The van der Waals surface area contributed by atoms with Crippen molar-refractivity contribution in [1.82, 2.24) is 35.3 Å². The van der Waals surface area contributed by atoms with E-state index in [1.54, 1.807) is 42.5 Å². The van der Waals surface area contributed by atoms with Crippen LogP contribution >= 0.6 is 11.6 Å². The smallest absolute Gasteiger partial charge is 0.258 e. The van der Waals surface area contributed by atoms with Crippen molar-refractivity contribution in [3.05, 3.63) is 77.5 Å². The molecule has 0 saturated heterocycles. The molecule has 0 atom stereocenters. The Balaban J connectivity index is 1.48. The second-order valence-corrected chi connectivity index (χ2v) is 9.27. The van der Waals surface area contributed by atoms with Gasteiger partial charge in [-0.25, -0.2) is 9.67 Å². The minimum atomic E-state index is -0.208. The highest BCUT2D eigenvalue weighted by molar-refractivity contribution is 6.36. The van der Waals surface area contributed by atoms with Crippen molar-refractivity contribution in [3.8, 4) is 28.6 Å². The molecular formula is C27H26ClN7O3. The first-order valence-electron chi connectivity index (χ1n) is 12.0. The molecule has 11 heteroatoms. The number of aromatic amines is 1. The molecule has 0 fully saturated rings. The largest absolute Gasteiger partial charge is 0.493 e. The lowest BCUT2D eigenvalue weighted by Crippen LogP contribution is -2.34. The average Bonchev–Trinajstić information content (AvgIpc) is 3.57. The summed E-state index contributed by atoms with van der Waals surface area (Å²) in [7, 11) is 1.54. The third kappa shape index (κ3) is 5.30. The molecule has 0 aliphatic carbocycles. The monoisotopic (exact) mass is 531 g/mol. The van der Waals surface area contributed by atoms with Crippen molar-refractivity contribution in [2.45, 2.75) is 26.3 Å². The Kier molecular flexibility index (Phi) is 7.23. The standard InChI is InChI=1S/C27H26ClN7O3/c1-16(2)31-25(36)15-38-22-7-5-18(12-23(22)37-3)27-32-24(35(34-27)19-8-10-29-11-9-19)13-17-4-6-21-20(26(17)28)14-30-33-21/h4-12,14,16H,13,15H2,1-3H3,(H,30,33)(H,31,36). The lowest BCUT2D eigenvalue weighted by molar-refractivity contribution is -0.123. The summed E-state index contributed by atoms with van der Waals surface area (Å²) >= 11 is 6.71. The molecular weight excluding hydrogens is 506 g/mol. The lowest BCUT2D eigenvalue weighted by Gasteiger charge is -2.12. The van der Waals surface area contributed by atoms with Gasteiger partial charge in [0.05, 0.1) is 29.5 Å². The zero-order valence-electron chi connectivity index (χ0n) is 21.1. The van der Waals surface area contributed by atoms with Gasteiger partial charge in [-0.3, -0.25) is 14.9 Å². The Bertz CT molecular complexity index is 1580. The van der Waals surface area contributed by atoms with Crippen molar-refractivity contribution < 1.29 is 14.3 Å². The van der Waals surface area contributed by atoms with Crippen LogP contribution < -0.4 is 14.8 Å². The normalized spacial score (nSPS) is 11.2. The van der Waals surface area contributed by atoms with Crippen molar-refractivity contribution >= 4 is 28.4 Å². The van der Waals surface area contributed by atoms with E-state index in [-0.39, 0.29) is 18.6 Å². The van der Waals surface area contributed by atoms with Crippen LogP contribution in [0.1, 0.15) is 25.2 Å². The summed E-state index contributed by atoms with van der Waals surface area (Å²) in [6, 6.07) is 13.0. The predicted molar refractivity (Wildman–Crippen MR) is 144 cm³/mol. The zero-order valence-corrected chi connectivity index (χ0v) is 21.9. The number of pyridine rings is 1. The number of hydrogen-bond acceptors (Lipinski definition) is 7. The van der Waals surface area contributed by atoms with E-state index in [2.05, 4.69) is 20.5 Å². The van der Waals surface area contributed by atoms with Crippen LogP contribution in [0.25, 0.3) is 28.0 Å². The van der Waals surface area contributed by atoms with Crippen molar-refractivity contribution in [2.24, 2.45) is 0 Å². The van der Waals surface area contributed by atoms with Crippen LogP contribution in [0.4, 0.5) is 0 Å². The summed E-state index contributed by atoms with van der Waals surface area (Å²) in [5.74, 6) is 1.90. The molecule has 1 amide bonds. The highest BCUT2D eigenvalue weighted by atomic mass is 35.5. The maximum absolute atomic E-state index is 12.0. The molecule has 0 radical (unpaired) electrons. The molecule has 3 aromatic heterocycles. The molecule has 0 spiro atoms. The predicted octanol–water partition coefficient (Wildman–Crippen LogP) is 4.36. The van der Waals surface area contributed by atoms with Gasteiger partial charge in [0, 0.05) is 35.8 Å². The fourth-order valence-electron chi connectivity index (χ4n) is 4.04. The summed E-state index contributed by atoms with van der Waals surface area (Å²) in [4.78, 5) is 21.0. The van der Waals surface area contributed by atoms with Crippen molar-refractivity contribution in [2.75, 3.05) is 13.7 Å². The number of rotatable bonds is 9. The summed E-state index contributed by atoms with van der Waals surface area (Å²) in [5.41, 5.74) is 3.31. The van der Waals surface area contributed by atoms with Crippen molar-refractivity contribution in [3.63, 3.8) is 0 Å². The fourth-order valence-corrected chi connectivity index (χ4v) is 4.32. The molecule has 3 heterocycles. The van der Waals surface area contributed by atoms with E-state index in [0.29, 0.717) is 34.6 Å². The number of fused-ring (bicyclic) bond motifs is 1. The first-order valence-corrected chi connectivity index (χ1v) is 12.4. The van der Waals surface area contributed by atoms with Crippen LogP contribution in [0.15, 0.2) is 61.1 Å². The highest BCUT2D eigenvalue weighted by Crippen LogP contribution is 2.33. The van der Waals surface area contributed by atoms with Crippen LogP contribution in [0, 0.1) is 0 Å². The van der Waals surface area contributed by atoms with Gasteiger partial charge in [0.15, 0.2) is 23.9 Å². The number of ether oxygens (including phenoxy) is 2. The van der Waals surface area contributed by atoms with Gasteiger partial charge >= 0.3 is 0 Å². The van der Waals surface area contributed by atoms with Gasteiger partial charge < -0.3 is 14.8 Å². The lowest BCUT2D eigenvalue weighted by atomic mass is 10.1. The number of H-pyrrole nitrogens is 1. The number of benzene rings is 2. The molecule has 2 N–H and O–H groups in total. The molecule has 0 bridgehead atoms. The number of nitrogens with zero attached hydrogens (tertiary/aromatic N) is 5. The number of carbonyl (C=O) groups is 1. The Morgan fingerprint density at radius 1 is 1.13 bits per heavy atom. The minimum absolute atomic E-state index is 0.0302.